The van der Waals surface area contributed by atoms with Crippen LogP contribution in [0.15, 0.2) is 59.5 Å². The van der Waals surface area contributed by atoms with Crippen molar-refractivity contribution >= 4 is 34.7 Å². The highest BCUT2D eigenvalue weighted by atomic mass is 35.5. The van der Waals surface area contributed by atoms with Crippen molar-refractivity contribution < 1.29 is 32.3 Å². The third-order valence-electron chi connectivity index (χ3n) is 5.67. The summed E-state index contributed by atoms with van der Waals surface area (Å²) in [5.74, 6) is -1.20. The molecule has 0 atom stereocenters. The molecular weight excluding hydrogens is 489 g/mol. The van der Waals surface area contributed by atoms with Gasteiger partial charge in [0, 0.05) is 42.2 Å². The largest absolute Gasteiger partial charge is 0.508 e. The number of imidazole rings is 1. The molecule has 180 valence electrons. The molecule has 35 heavy (non-hydrogen) atoms. The second-order valence-electron chi connectivity index (χ2n) is 7.89. The summed E-state index contributed by atoms with van der Waals surface area (Å²) >= 11 is 6.34. The van der Waals surface area contributed by atoms with Crippen molar-refractivity contribution in [1.29, 1.82) is 0 Å². The molecule has 0 aliphatic carbocycles. The topological polar surface area (TPSA) is 91.3 Å². The number of halogens is 4. The van der Waals surface area contributed by atoms with Gasteiger partial charge in [0.15, 0.2) is 11.3 Å². The lowest BCUT2D eigenvalue weighted by Crippen LogP contribution is -2.52. The number of hydrogen-bond acceptors (Lipinski definition) is 5. The van der Waals surface area contributed by atoms with Gasteiger partial charge in [-0.25, -0.2) is 4.98 Å². The van der Waals surface area contributed by atoms with Crippen LogP contribution in [0.1, 0.15) is 16.1 Å². The first-order valence-corrected chi connectivity index (χ1v) is 10.7. The average Bonchev–Trinajstić information content (AvgIpc) is 3.46. The molecule has 1 saturated heterocycles. The van der Waals surface area contributed by atoms with E-state index in [1.54, 1.807) is 12.1 Å². The molecule has 0 unspecified atom stereocenters. The molecule has 4 aromatic rings. The molecule has 0 saturated carbocycles. The first kappa shape index (κ1) is 22.8. The maximum absolute atomic E-state index is 13.8. The summed E-state index contributed by atoms with van der Waals surface area (Å²) in [4.78, 5) is 32.4. The molecule has 12 heteroatoms. The number of piperazine rings is 1. The van der Waals surface area contributed by atoms with Gasteiger partial charge < -0.3 is 19.3 Å². The molecule has 1 aliphatic rings. The van der Waals surface area contributed by atoms with Gasteiger partial charge in [0.1, 0.15) is 17.4 Å². The first-order chi connectivity index (χ1) is 16.6. The summed E-state index contributed by atoms with van der Waals surface area (Å²) in [5.41, 5.74) is -0.949. The van der Waals surface area contributed by atoms with Crippen LogP contribution >= 0.6 is 11.6 Å². The van der Waals surface area contributed by atoms with E-state index in [0.29, 0.717) is 11.3 Å². The molecule has 3 aromatic heterocycles. The predicted molar refractivity (Wildman–Crippen MR) is 119 cm³/mol. The van der Waals surface area contributed by atoms with Gasteiger partial charge in [0.05, 0.1) is 18.1 Å². The second kappa shape index (κ2) is 8.35. The Morgan fingerprint density at radius 2 is 1.94 bits per heavy atom. The number of furan rings is 1. The van der Waals surface area contributed by atoms with Crippen LogP contribution in [0.25, 0.3) is 16.8 Å². The molecule has 1 fully saturated rings. The highest BCUT2D eigenvalue weighted by Crippen LogP contribution is 2.37. The SMILES string of the molecule is O=C(c1nc2c(C(F)(F)F)cc(-c3ccoc3)cn2c1Cl)N1CCN(c2cccc(O)c2)C(=O)C1. The minimum Gasteiger partial charge on any atom is -0.508 e. The molecule has 0 radical (unpaired) electrons. The number of alkyl halides is 3. The van der Waals surface area contributed by atoms with E-state index in [4.69, 9.17) is 16.0 Å². The zero-order valence-corrected chi connectivity index (χ0v) is 18.5. The summed E-state index contributed by atoms with van der Waals surface area (Å²) in [6.07, 6.45) is -0.814. The Morgan fingerprint density at radius 3 is 2.60 bits per heavy atom. The normalized spacial score (nSPS) is 14.7. The van der Waals surface area contributed by atoms with Gasteiger partial charge >= 0.3 is 6.18 Å². The maximum atomic E-state index is 13.8. The molecule has 2 amide bonds. The Bertz CT molecular complexity index is 1450. The van der Waals surface area contributed by atoms with Gasteiger partial charge in [-0.3, -0.25) is 14.0 Å². The van der Waals surface area contributed by atoms with Crippen molar-refractivity contribution in [2.45, 2.75) is 6.18 Å². The number of phenols is 1. The predicted octanol–water partition coefficient (Wildman–Crippen LogP) is 4.46. The summed E-state index contributed by atoms with van der Waals surface area (Å²) in [5, 5.41) is 9.36. The molecule has 8 nitrogen and oxygen atoms in total. The fourth-order valence-corrected chi connectivity index (χ4v) is 4.23. The molecule has 0 bridgehead atoms. The van der Waals surface area contributed by atoms with E-state index in [1.165, 1.54) is 46.7 Å². The van der Waals surface area contributed by atoms with Crippen LogP contribution in [0.4, 0.5) is 18.9 Å². The van der Waals surface area contributed by atoms with Crippen molar-refractivity contribution in [3.8, 4) is 16.9 Å². The maximum Gasteiger partial charge on any atom is 0.420 e. The number of amides is 2. The lowest BCUT2D eigenvalue weighted by molar-refractivity contribution is -0.136. The Balaban J connectivity index is 1.49. The summed E-state index contributed by atoms with van der Waals surface area (Å²) in [6.45, 7) is -0.112. The lowest BCUT2D eigenvalue weighted by atomic mass is 10.1. The van der Waals surface area contributed by atoms with Crippen LogP contribution in [-0.4, -0.2) is 50.8 Å². The summed E-state index contributed by atoms with van der Waals surface area (Å²) in [7, 11) is 0. The number of aromatic hydroxyl groups is 1. The van der Waals surface area contributed by atoms with Crippen molar-refractivity contribution in [3.63, 3.8) is 0 Å². The third kappa shape index (κ3) is 4.08. The number of anilines is 1. The van der Waals surface area contributed by atoms with Crippen LogP contribution in [0.5, 0.6) is 5.75 Å². The number of fused-ring (bicyclic) bond motifs is 1. The van der Waals surface area contributed by atoms with E-state index < -0.39 is 29.2 Å². The Kier molecular flexibility index (Phi) is 5.43. The van der Waals surface area contributed by atoms with Crippen LogP contribution in [-0.2, 0) is 11.0 Å². The zero-order chi connectivity index (χ0) is 24.9. The van der Waals surface area contributed by atoms with Gasteiger partial charge in [-0.2, -0.15) is 13.2 Å². The standard InChI is InChI=1S/C23H16ClF3N4O4/c24-20-19(22(34)29-5-6-30(18(33)11-29)15-2-1-3-16(32)9-15)28-21-17(23(25,26)27)8-14(10-31(20)21)13-4-7-35-12-13/h1-4,7-10,12,32H,5-6,11H2. The number of pyridine rings is 1. The van der Waals surface area contributed by atoms with Gasteiger partial charge in [0.2, 0.25) is 5.91 Å². The highest BCUT2D eigenvalue weighted by molar-refractivity contribution is 6.33. The number of carbonyl (C=O) groups is 2. The molecule has 4 heterocycles. The van der Waals surface area contributed by atoms with E-state index in [0.717, 1.165) is 10.5 Å². The number of nitrogens with zero attached hydrogens (tertiary/aromatic N) is 4. The van der Waals surface area contributed by atoms with Crippen LogP contribution in [0.2, 0.25) is 5.15 Å². The van der Waals surface area contributed by atoms with E-state index >= 15 is 0 Å². The second-order valence-corrected chi connectivity index (χ2v) is 8.25. The fourth-order valence-electron chi connectivity index (χ4n) is 3.98. The highest BCUT2D eigenvalue weighted by Gasteiger charge is 2.37. The Labute approximate surface area is 200 Å². The number of hydrogen-bond donors (Lipinski definition) is 1. The third-order valence-corrected chi connectivity index (χ3v) is 6.03. The Hall–Kier alpha value is -3.99. The van der Waals surface area contributed by atoms with E-state index in [-0.39, 0.29) is 41.8 Å². The lowest BCUT2D eigenvalue weighted by Gasteiger charge is -2.34. The quantitative estimate of drug-likeness (QED) is 0.445. The van der Waals surface area contributed by atoms with E-state index in [2.05, 4.69) is 4.98 Å². The molecule has 0 spiro atoms. The number of carbonyl (C=O) groups excluding carboxylic acids is 2. The van der Waals surface area contributed by atoms with Gasteiger partial charge in [-0.15, -0.1) is 0 Å². The van der Waals surface area contributed by atoms with E-state index in [9.17, 15) is 27.9 Å². The molecule has 1 N–H and O–H groups in total. The smallest absolute Gasteiger partial charge is 0.420 e. The number of aromatic nitrogens is 2. The minimum absolute atomic E-state index is 0.0134. The Morgan fingerprint density at radius 1 is 1.14 bits per heavy atom. The molecular formula is C23H16ClF3N4O4. The van der Waals surface area contributed by atoms with Crippen molar-refractivity contribution in [2.24, 2.45) is 0 Å². The number of phenolic OH excluding ortho intramolecular Hbond substituents is 1. The fraction of sp³-hybridized carbons (Fsp3) is 0.174. The first-order valence-electron chi connectivity index (χ1n) is 10.3. The summed E-state index contributed by atoms with van der Waals surface area (Å²) < 4.78 is 47.5. The monoisotopic (exact) mass is 504 g/mol. The zero-order valence-electron chi connectivity index (χ0n) is 17.8. The summed E-state index contributed by atoms with van der Waals surface area (Å²) in [6, 6.07) is 8.52. The van der Waals surface area contributed by atoms with Crippen molar-refractivity contribution in [2.75, 3.05) is 24.5 Å². The minimum atomic E-state index is -4.77. The van der Waals surface area contributed by atoms with E-state index in [1.807, 2.05) is 0 Å². The molecule has 5 rings (SSSR count). The molecule has 1 aliphatic heterocycles. The number of benzene rings is 1. The number of rotatable bonds is 3. The van der Waals surface area contributed by atoms with Gasteiger partial charge in [-0.1, -0.05) is 17.7 Å². The molecule has 1 aromatic carbocycles. The van der Waals surface area contributed by atoms with Crippen LogP contribution in [0.3, 0.4) is 0 Å². The van der Waals surface area contributed by atoms with Gasteiger partial charge in [0.25, 0.3) is 5.91 Å². The van der Waals surface area contributed by atoms with Crippen molar-refractivity contribution in [1.82, 2.24) is 14.3 Å². The van der Waals surface area contributed by atoms with Crippen LogP contribution < -0.4 is 4.90 Å². The van der Waals surface area contributed by atoms with Crippen LogP contribution in [0, 0.1) is 0 Å². The van der Waals surface area contributed by atoms with Crippen molar-refractivity contribution in [3.05, 3.63) is 71.5 Å². The average molecular weight is 505 g/mol. The van der Waals surface area contributed by atoms with Gasteiger partial charge in [-0.05, 0) is 24.3 Å².